The van der Waals surface area contributed by atoms with Crippen LogP contribution in [-0.2, 0) is 6.54 Å². The molecule has 0 saturated carbocycles. The van der Waals surface area contributed by atoms with E-state index >= 15 is 0 Å². The highest BCUT2D eigenvalue weighted by atomic mass is 35.5. The van der Waals surface area contributed by atoms with Crippen molar-refractivity contribution in [1.29, 1.82) is 0 Å². The van der Waals surface area contributed by atoms with Gasteiger partial charge in [-0.05, 0) is 24.3 Å². The lowest BCUT2D eigenvalue weighted by Crippen LogP contribution is -2.24. The molecule has 9 heteroatoms. The summed E-state index contributed by atoms with van der Waals surface area (Å²) in [6.45, 7) is 0.285. The average Bonchev–Trinajstić information content (AvgIpc) is 3.38. The summed E-state index contributed by atoms with van der Waals surface area (Å²) in [5, 5.41) is 14.5. The van der Waals surface area contributed by atoms with Gasteiger partial charge in [-0.25, -0.2) is 14.6 Å². The molecule has 2 N–H and O–H groups in total. The third-order valence-electron chi connectivity index (χ3n) is 3.89. The van der Waals surface area contributed by atoms with Crippen LogP contribution in [-0.4, -0.2) is 35.9 Å². The Labute approximate surface area is 159 Å². The molecule has 3 heterocycles. The predicted octanol–water partition coefficient (Wildman–Crippen LogP) is 2.64. The Morgan fingerprint density at radius 2 is 2.15 bits per heavy atom. The second-order valence-electron chi connectivity index (χ2n) is 5.69. The number of carbonyl (C=O) groups is 1. The molecule has 3 aromatic heterocycles. The summed E-state index contributed by atoms with van der Waals surface area (Å²) in [4.78, 5) is 20.7. The van der Waals surface area contributed by atoms with Crippen LogP contribution < -0.4 is 5.32 Å². The van der Waals surface area contributed by atoms with Gasteiger partial charge < -0.3 is 5.32 Å². The van der Waals surface area contributed by atoms with E-state index in [4.69, 9.17) is 11.6 Å². The molecule has 4 aromatic rings. The molecule has 0 atom stereocenters. The molecular formula is C18H14ClN7O. The van der Waals surface area contributed by atoms with Crippen molar-refractivity contribution in [2.45, 2.75) is 6.54 Å². The number of benzene rings is 1. The normalized spacial score (nSPS) is 10.7. The van der Waals surface area contributed by atoms with Gasteiger partial charge in [0.2, 0.25) is 0 Å². The SMILES string of the molecule is O=C(NCc1cccnc1-n1cncn1)c1cc(-c2cccc(Cl)c2)n[nH]1. The van der Waals surface area contributed by atoms with Gasteiger partial charge in [0, 0.05) is 28.9 Å². The van der Waals surface area contributed by atoms with E-state index in [9.17, 15) is 4.79 Å². The third-order valence-corrected chi connectivity index (χ3v) is 4.12. The number of aromatic nitrogens is 6. The maximum atomic E-state index is 12.5. The largest absolute Gasteiger partial charge is 0.346 e. The van der Waals surface area contributed by atoms with Crippen LogP contribution in [0.3, 0.4) is 0 Å². The maximum Gasteiger partial charge on any atom is 0.269 e. The molecule has 0 unspecified atom stereocenters. The molecule has 1 aromatic carbocycles. The number of nitrogens with zero attached hydrogens (tertiary/aromatic N) is 5. The first-order chi connectivity index (χ1) is 13.2. The quantitative estimate of drug-likeness (QED) is 0.555. The summed E-state index contributed by atoms with van der Waals surface area (Å²) < 4.78 is 1.55. The Balaban J connectivity index is 1.48. The topological polar surface area (TPSA) is 101 Å². The van der Waals surface area contributed by atoms with E-state index in [1.807, 2.05) is 18.2 Å². The van der Waals surface area contributed by atoms with Crippen LogP contribution in [0.1, 0.15) is 16.1 Å². The zero-order valence-electron chi connectivity index (χ0n) is 14.0. The first-order valence-corrected chi connectivity index (χ1v) is 8.47. The average molecular weight is 380 g/mol. The van der Waals surface area contributed by atoms with Gasteiger partial charge in [-0.2, -0.15) is 10.2 Å². The highest BCUT2D eigenvalue weighted by Crippen LogP contribution is 2.21. The van der Waals surface area contributed by atoms with E-state index < -0.39 is 0 Å². The van der Waals surface area contributed by atoms with E-state index in [0.29, 0.717) is 22.2 Å². The summed E-state index contributed by atoms with van der Waals surface area (Å²) in [6, 6.07) is 12.6. The van der Waals surface area contributed by atoms with Gasteiger partial charge in [0.15, 0.2) is 5.82 Å². The minimum Gasteiger partial charge on any atom is -0.346 e. The number of H-pyrrole nitrogens is 1. The smallest absolute Gasteiger partial charge is 0.269 e. The van der Waals surface area contributed by atoms with Crippen LogP contribution in [0.25, 0.3) is 17.1 Å². The van der Waals surface area contributed by atoms with Crippen molar-refractivity contribution in [3.63, 3.8) is 0 Å². The van der Waals surface area contributed by atoms with Crippen molar-refractivity contribution in [1.82, 2.24) is 35.3 Å². The van der Waals surface area contributed by atoms with Crippen molar-refractivity contribution < 1.29 is 4.79 Å². The predicted molar refractivity (Wildman–Crippen MR) is 99.4 cm³/mol. The number of hydrogen-bond acceptors (Lipinski definition) is 5. The van der Waals surface area contributed by atoms with Crippen molar-refractivity contribution >= 4 is 17.5 Å². The first-order valence-electron chi connectivity index (χ1n) is 8.09. The minimum absolute atomic E-state index is 0.274. The number of hydrogen-bond donors (Lipinski definition) is 2. The number of nitrogens with one attached hydrogen (secondary N) is 2. The second-order valence-corrected chi connectivity index (χ2v) is 6.12. The molecule has 8 nitrogen and oxygen atoms in total. The van der Waals surface area contributed by atoms with Gasteiger partial charge in [-0.15, -0.1) is 0 Å². The Morgan fingerprint density at radius 1 is 1.22 bits per heavy atom. The van der Waals surface area contributed by atoms with Crippen molar-refractivity contribution in [3.05, 3.63) is 77.6 Å². The van der Waals surface area contributed by atoms with Crippen molar-refractivity contribution in [2.75, 3.05) is 0 Å². The molecule has 0 aliphatic carbocycles. The fourth-order valence-electron chi connectivity index (χ4n) is 2.60. The van der Waals surface area contributed by atoms with Crippen LogP contribution in [0, 0.1) is 0 Å². The van der Waals surface area contributed by atoms with E-state index in [-0.39, 0.29) is 12.5 Å². The maximum absolute atomic E-state index is 12.5. The summed E-state index contributed by atoms with van der Waals surface area (Å²) in [6.07, 6.45) is 4.65. The van der Waals surface area contributed by atoms with Gasteiger partial charge in [0.25, 0.3) is 5.91 Å². The van der Waals surface area contributed by atoms with E-state index in [1.165, 1.54) is 6.33 Å². The molecule has 0 radical (unpaired) electrons. The molecule has 0 bridgehead atoms. The number of pyridine rings is 1. The molecule has 0 aliphatic rings. The number of aromatic amines is 1. The summed E-state index contributed by atoms with van der Waals surface area (Å²) in [5.41, 5.74) is 2.65. The molecular weight excluding hydrogens is 366 g/mol. The van der Waals surface area contributed by atoms with Gasteiger partial charge in [-0.1, -0.05) is 29.8 Å². The lowest BCUT2D eigenvalue weighted by Gasteiger charge is -2.08. The van der Waals surface area contributed by atoms with Crippen LogP contribution >= 0.6 is 11.6 Å². The first kappa shape index (κ1) is 16.9. The fraction of sp³-hybridized carbons (Fsp3) is 0.0556. The zero-order chi connectivity index (χ0) is 18.6. The molecule has 134 valence electrons. The second kappa shape index (κ2) is 7.38. The monoisotopic (exact) mass is 379 g/mol. The van der Waals surface area contributed by atoms with E-state index in [1.54, 1.807) is 41.5 Å². The molecule has 0 spiro atoms. The number of carbonyl (C=O) groups excluding carboxylic acids is 1. The van der Waals surface area contributed by atoms with Crippen LogP contribution in [0.15, 0.2) is 61.3 Å². The Morgan fingerprint density at radius 3 is 2.96 bits per heavy atom. The number of halogens is 1. The van der Waals surface area contributed by atoms with E-state index in [2.05, 4.69) is 30.6 Å². The number of rotatable bonds is 5. The van der Waals surface area contributed by atoms with Crippen LogP contribution in [0.5, 0.6) is 0 Å². The van der Waals surface area contributed by atoms with Gasteiger partial charge in [0.1, 0.15) is 18.3 Å². The molecule has 0 aliphatic heterocycles. The third kappa shape index (κ3) is 3.70. The lowest BCUT2D eigenvalue weighted by atomic mass is 10.1. The molecule has 0 fully saturated rings. The van der Waals surface area contributed by atoms with E-state index in [0.717, 1.165) is 11.1 Å². The fourth-order valence-corrected chi connectivity index (χ4v) is 2.79. The summed E-state index contributed by atoms with van der Waals surface area (Å²) >= 11 is 6.00. The highest BCUT2D eigenvalue weighted by Gasteiger charge is 2.13. The Bertz CT molecular complexity index is 1070. The van der Waals surface area contributed by atoms with Crippen molar-refractivity contribution in [2.24, 2.45) is 0 Å². The number of amides is 1. The molecule has 1 amide bonds. The van der Waals surface area contributed by atoms with Gasteiger partial charge >= 0.3 is 0 Å². The Kier molecular flexibility index (Phi) is 4.63. The lowest BCUT2D eigenvalue weighted by molar-refractivity contribution is 0.0946. The van der Waals surface area contributed by atoms with Crippen LogP contribution in [0.2, 0.25) is 5.02 Å². The van der Waals surface area contributed by atoms with Gasteiger partial charge in [0.05, 0.1) is 5.69 Å². The van der Waals surface area contributed by atoms with Crippen molar-refractivity contribution in [3.8, 4) is 17.1 Å². The molecule has 4 rings (SSSR count). The summed E-state index contributed by atoms with van der Waals surface area (Å²) in [5.74, 6) is 0.337. The van der Waals surface area contributed by atoms with Crippen LogP contribution in [0.4, 0.5) is 0 Å². The zero-order valence-corrected chi connectivity index (χ0v) is 14.8. The molecule has 27 heavy (non-hydrogen) atoms. The van der Waals surface area contributed by atoms with Gasteiger partial charge in [-0.3, -0.25) is 9.89 Å². The highest BCUT2D eigenvalue weighted by molar-refractivity contribution is 6.30. The minimum atomic E-state index is -0.274. The standard InChI is InChI=1S/C18H14ClN7O/c19-14-5-1-3-12(7-14)15-8-16(25-24-15)18(27)22-9-13-4-2-6-21-17(13)26-11-20-10-23-26/h1-8,10-11H,9H2,(H,22,27)(H,24,25). The Hall–Kier alpha value is -3.52. The molecule has 0 saturated heterocycles. The summed E-state index contributed by atoms with van der Waals surface area (Å²) in [7, 11) is 0.